The molecule has 0 spiro atoms. The molecular formula is C12H20N2O3S. The zero-order valence-electron chi connectivity index (χ0n) is 10.9. The van der Waals surface area contributed by atoms with E-state index < -0.39 is 0 Å². The first-order chi connectivity index (χ1) is 8.76. The molecule has 102 valence electrons. The largest absolute Gasteiger partial charge is 0.466 e. The maximum atomic E-state index is 11.2. The molecule has 1 heterocycles. The number of anilines is 1. The number of hydrogen-bond donors (Lipinski definition) is 1. The second-order valence-electron chi connectivity index (χ2n) is 3.72. The van der Waals surface area contributed by atoms with Gasteiger partial charge in [0.15, 0.2) is 5.13 Å². The second kappa shape index (κ2) is 8.88. The normalized spacial score (nSPS) is 10.3. The number of rotatable bonds is 9. The van der Waals surface area contributed by atoms with Gasteiger partial charge >= 0.3 is 5.97 Å². The van der Waals surface area contributed by atoms with Crippen LogP contribution in [0.2, 0.25) is 0 Å². The summed E-state index contributed by atoms with van der Waals surface area (Å²) in [6.45, 7) is 3.83. The fourth-order valence-corrected chi connectivity index (χ4v) is 2.15. The zero-order chi connectivity index (χ0) is 13.2. The average Bonchev–Trinajstić information content (AvgIpc) is 2.81. The van der Waals surface area contributed by atoms with Gasteiger partial charge in [-0.1, -0.05) is 0 Å². The van der Waals surface area contributed by atoms with E-state index in [0.717, 1.165) is 30.4 Å². The Morgan fingerprint density at radius 3 is 3.11 bits per heavy atom. The average molecular weight is 272 g/mol. The predicted molar refractivity (Wildman–Crippen MR) is 72.1 cm³/mol. The lowest BCUT2D eigenvalue weighted by Gasteiger charge is -2.01. The predicted octanol–water partition coefficient (Wildman–Crippen LogP) is 2.09. The Bertz CT molecular complexity index is 355. The van der Waals surface area contributed by atoms with Crippen molar-refractivity contribution >= 4 is 22.4 Å². The second-order valence-corrected chi connectivity index (χ2v) is 4.58. The molecule has 0 saturated heterocycles. The van der Waals surface area contributed by atoms with Gasteiger partial charge in [-0.2, -0.15) is 0 Å². The summed E-state index contributed by atoms with van der Waals surface area (Å²) in [5.74, 6) is -0.167. The number of nitrogens with one attached hydrogen (secondary N) is 1. The van der Waals surface area contributed by atoms with E-state index in [2.05, 4.69) is 10.3 Å². The van der Waals surface area contributed by atoms with Crippen LogP contribution in [0.5, 0.6) is 0 Å². The molecule has 0 aliphatic carbocycles. The number of carbonyl (C=O) groups is 1. The minimum Gasteiger partial charge on any atom is -0.466 e. The monoisotopic (exact) mass is 272 g/mol. The van der Waals surface area contributed by atoms with Crippen molar-refractivity contribution in [2.45, 2.75) is 26.2 Å². The highest BCUT2D eigenvalue weighted by Gasteiger charge is 2.06. The number of carbonyl (C=O) groups excluding carboxylic acids is 1. The van der Waals surface area contributed by atoms with Gasteiger partial charge < -0.3 is 14.8 Å². The molecule has 0 unspecified atom stereocenters. The standard InChI is InChI=1S/C12H20N2O3S/c1-3-17-11(15)6-5-10-9-18-12(14-10)13-7-4-8-16-2/h9H,3-8H2,1-2H3,(H,13,14). The molecule has 0 bridgehead atoms. The third kappa shape index (κ3) is 5.97. The minimum absolute atomic E-state index is 0.167. The van der Waals surface area contributed by atoms with Gasteiger partial charge in [0.25, 0.3) is 0 Å². The van der Waals surface area contributed by atoms with Crippen LogP contribution < -0.4 is 5.32 Å². The van der Waals surface area contributed by atoms with E-state index in [1.54, 1.807) is 18.4 Å². The molecule has 0 aliphatic rings. The summed E-state index contributed by atoms with van der Waals surface area (Å²) in [4.78, 5) is 15.6. The van der Waals surface area contributed by atoms with Crippen molar-refractivity contribution in [3.8, 4) is 0 Å². The van der Waals surface area contributed by atoms with E-state index in [-0.39, 0.29) is 5.97 Å². The van der Waals surface area contributed by atoms with Crippen LogP contribution in [-0.4, -0.2) is 37.8 Å². The number of esters is 1. The fourth-order valence-electron chi connectivity index (χ4n) is 1.38. The molecule has 0 radical (unpaired) electrons. The molecule has 1 aromatic heterocycles. The molecule has 1 rings (SSSR count). The first kappa shape index (κ1) is 14.9. The van der Waals surface area contributed by atoms with Crippen LogP contribution in [0.4, 0.5) is 5.13 Å². The molecule has 0 amide bonds. The Hall–Kier alpha value is -1.14. The summed E-state index contributed by atoms with van der Waals surface area (Å²) in [7, 11) is 1.69. The molecule has 1 N–H and O–H groups in total. The van der Waals surface area contributed by atoms with Gasteiger partial charge in [-0.15, -0.1) is 11.3 Å². The Morgan fingerprint density at radius 2 is 2.39 bits per heavy atom. The van der Waals surface area contributed by atoms with Crippen LogP contribution in [-0.2, 0) is 20.7 Å². The molecule has 6 heteroatoms. The molecule has 0 aliphatic heterocycles. The highest BCUT2D eigenvalue weighted by molar-refractivity contribution is 7.13. The lowest BCUT2D eigenvalue weighted by Crippen LogP contribution is -2.06. The van der Waals surface area contributed by atoms with Gasteiger partial charge in [-0.3, -0.25) is 4.79 Å². The van der Waals surface area contributed by atoms with E-state index in [0.29, 0.717) is 19.4 Å². The summed E-state index contributed by atoms with van der Waals surface area (Å²) in [5.41, 5.74) is 0.933. The van der Waals surface area contributed by atoms with Crippen LogP contribution in [0.1, 0.15) is 25.5 Å². The van der Waals surface area contributed by atoms with Crippen molar-refractivity contribution in [3.05, 3.63) is 11.1 Å². The third-order valence-corrected chi connectivity index (χ3v) is 3.09. The summed E-state index contributed by atoms with van der Waals surface area (Å²) < 4.78 is 9.83. The highest BCUT2D eigenvalue weighted by atomic mass is 32.1. The lowest BCUT2D eigenvalue weighted by molar-refractivity contribution is -0.143. The van der Waals surface area contributed by atoms with E-state index in [1.807, 2.05) is 12.3 Å². The van der Waals surface area contributed by atoms with E-state index in [1.165, 1.54) is 0 Å². The zero-order valence-corrected chi connectivity index (χ0v) is 11.7. The van der Waals surface area contributed by atoms with Crippen LogP contribution in [0.15, 0.2) is 5.38 Å². The highest BCUT2D eigenvalue weighted by Crippen LogP contribution is 2.16. The number of aromatic nitrogens is 1. The van der Waals surface area contributed by atoms with Gasteiger partial charge in [0.05, 0.1) is 18.7 Å². The van der Waals surface area contributed by atoms with Crippen molar-refractivity contribution in [2.75, 3.05) is 32.2 Å². The summed E-state index contributed by atoms with van der Waals surface area (Å²) in [5, 5.41) is 6.09. The van der Waals surface area contributed by atoms with E-state index in [9.17, 15) is 4.79 Å². The van der Waals surface area contributed by atoms with Gasteiger partial charge in [0.1, 0.15) is 0 Å². The minimum atomic E-state index is -0.167. The van der Waals surface area contributed by atoms with Crippen molar-refractivity contribution in [1.82, 2.24) is 4.98 Å². The first-order valence-corrected chi connectivity index (χ1v) is 6.97. The van der Waals surface area contributed by atoms with Crippen molar-refractivity contribution in [3.63, 3.8) is 0 Å². The third-order valence-electron chi connectivity index (χ3n) is 2.24. The fraction of sp³-hybridized carbons (Fsp3) is 0.667. The Labute approximate surface area is 112 Å². The smallest absolute Gasteiger partial charge is 0.306 e. The molecule has 0 saturated carbocycles. The number of hydrogen-bond acceptors (Lipinski definition) is 6. The van der Waals surface area contributed by atoms with Crippen LogP contribution in [0.25, 0.3) is 0 Å². The molecule has 0 fully saturated rings. The van der Waals surface area contributed by atoms with Gasteiger partial charge in [0, 0.05) is 32.1 Å². The number of methoxy groups -OCH3 is 1. The van der Waals surface area contributed by atoms with Crippen molar-refractivity contribution < 1.29 is 14.3 Å². The number of thiazole rings is 1. The van der Waals surface area contributed by atoms with Crippen molar-refractivity contribution in [2.24, 2.45) is 0 Å². The topological polar surface area (TPSA) is 60.5 Å². The summed E-state index contributed by atoms with van der Waals surface area (Å²) >= 11 is 1.56. The molecule has 0 atom stereocenters. The molecule has 18 heavy (non-hydrogen) atoms. The SMILES string of the molecule is CCOC(=O)CCc1csc(NCCCOC)n1. The first-order valence-electron chi connectivity index (χ1n) is 6.09. The molecule has 1 aromatic rings. The number of nitrogens with zero attached hydrogens (tertiary/aromatic N) is 1. The van der Waals surface area contributed by atoms with Gasteiger partial charge in [0.2, 0.25) is 0 Å². The van der Waals surface area contributed by atoms with Gasteiger partial charge in [-0.25, -0.2) is 4.98 Å². The van der Waals surface area contributed by atoms with E-state index in [4.69, 9.17) is 9.47 Å². The lowest BCUT2D eigenvalue weighted by atomic mass is 10.2. The Kier molecular flexibility index (Phi) is 7.36. The van der Waals surface area contributed by atoms with Crippen LogP contribution >= 0.6 is 11.3 Å². The van der Waals surface area contributed by atoms with Crippen molar-refractivity contribution in [1.29, 1.82) is 0 Å². The quantitative estimate of drug-likeness (QED) is 0.551. The van der Waals surface area contributed by atoms with E-state index >= 15 is 0 Å². The van der Waals surface area contributed by atoms with Gasteiger partial charge in [-0.05, 0) is 13.3 Å². The molecule has 0 aromatic carbocycles. The summed E-state index contributed by atoms with van der Waals surface area (Å²) in [6.07, 6.45) is 1.98. The van der Waals surface area contributed by atoms with Crippen LogP contribution in [0.3, 0.4) is 0 Å². The summed E-state index contributed by atoms with van der Waals surface area (Å²) in [6, 6.07) is 0. The number of aryl methyl sites for hydroxylation is 1. The molecule has 5 nitrogen and oxygen atoms in total. The Balaban J connectivity index is 2.23. The maximum absolute atomic E-state index is 11.2. The van der Waals surface area contributed by atoms with Crippen LogP contribution in [0, 0.1) is 0 Å². The molecular weight excluding hydrogens is 252 g/mol. The number of ether oxygens (including phenoxy) is 2. The Morgan fingerprint density at radius 1 is 1.56 bits per heavy atom. The maximum Gasteiger partial charge on any atom is 0.306 e.